The van der Waals surface area contributed by atoms with Crippen LogP contribution < -0.4 is 0 Å². The first-order valence-corrected chi connectivity index (χ1v) is 6.96. The topological polar surface area (TPSA) is 91.4 Å². The Labute approximate surface area is 121 Å². The molecule has 0 saturated carbocycles. The average Bonchev–Trinajstić information content (AvgIpc) is 2.43. The number of unbranched alkanes of at least 4 members (excludes halogenated alkanes) is 2. The molecular weight excluding hydrogens is 256 g/mol. The van der Waals surface area contributed by atoms with Crippen LogP contribution in [0.4, 0.5) is 0 Å². The van der Waals surface area contributed by atoms with E-state index in [1.807, 2.05) is 24.1 Å². The van der Waals surface area contributed by atoms with Crippen LogP contribution in [0.1, 0.15) is 32.1 Å². The summed E-state index contributed by atoms with van der Waals surface area (Å²) in [6.45, 7) is 2.08. The molecule has 0 saturated heterocycles. The lowest BCUT2D eigenvalue weighted by Gasteiger charge is -2.24. The van der Waals surface area contributed by atoms with Crippen LogP contribution in [0.3, 0.4) is 0 Å². The molecule has 0 aliphatic heterocycles. The van der Waals surface area contributed by atoms with Gasteiger partial charge in [-0.15, -0.1) is 0 Å². The first-order chi connectivity index (χ1) is 9.65. The number of aliphatic hydroxyl groups excluding tert-OH is 1. The van der Waals surface area contributed by atoms with Gasteiger partial charge in [-0.05, 0) is 32.9 Å². The molecule has 0 spiro atoms. The number of hydrogen-bond acceptors (Lipinski definition) is 5. The van der Waals surface area contributed by atoms with E-state index in [0.29, 0.717) is 19.6 Å². The van der Waals surface area contributed by atoms with E-state index in [-0.39, 0.29) is 25.4 Å². The summed E-state index contributed by atoms with van der Waals surface area (Å²) in [6.07, 6.45) is 3.26. The zero-order valence-corrected chi connectivity index (χ0v) is 12.2. The van der Waals surface area contributed by atoms with Crippen LogP contribution in [0.5, 0.6) is 0 Å². The molecule has 0 aliphatic rings. The largest absolute Gasteiger partial charge is 0.396 e. The van der Waals surface area contributed by atoms with Gasteiger partial charge in [-0.3, -0.25) is 9.69 Å². The van der Waals surface area contributed by atoms with Gasteiger partial charge in [0.1, 0.15) is 0 Å². The zero-order chi connectivity index (χ0) is 15.2. The maximum absolute atomic E-state index is 12.1. The molecule has 0 heterocycles. The Hall–Kier alpha value is -1.63. The minimum absolute atomic E-state index is 0.0415. The van der Waals surface area contributed by atoms with Crippen molar-refractivity contribution in [2.45, 2.75) is 32.1 Å². The lowest BCUT2D eigenvalue weighted by molar-refractivity contribution is -0.132. The van der Waals surface area contributed by atoms with Gasteiger partial charge in [-0.1, -0.05) is 0 Å². The van der Waals surface area contributed by atoms with Crippen LogP contribution in [-0.2, 0) is 4.79 Å². The highest BCUT2D eigenvalue weighted by Crippen LogP contribution is 2.00. The quantitative estimate of drug-likeness (QED) is 0.563. The van der Waals surface area contributed by atoms with Crippen molar-refractivity contribution in [3.8, 4) is 12.1 Å². The van der Waals surface area contributed by atoms with Gasteiger partial charge in [0.25, 0.3) is 0 Å². The highest BCUT2D eigenvalue weighted by Gasteiger charge is 2.14. The number of likely N-dealkylation sites (N-methyl/N-ethyl adjacent to an activating group) is 1. The third-order valence-electron chi connectivity index (χ3n) is 2.94. The summed E-state index contributed by atoms with van der Waals surface area (Å²) in [5, 5.41) is 25.9. The van der Waals surface area contributed by atoms with Crippen LogP contribution in [0.15, 0.2) is 0 Å². The molecule has 6 heteroatoms. The van der Waals surface area contributed by atoms with Gasteiger partial charge in [0.15, 0.2) is 0 Å². The van der Waals surface area contributed by atoms with E-state index in [0.717, 1.165) is 25.8 Å². The van der Waals surface area contributed by atoms with E-state index in [1.54, 1.807) is 4.90 Å². The van der Waals surface area contributed by atoms with Gasteiger partial charge in [0.05, 0.1) is 31.5 Å². The van der Waals surface area contributed by atoms with Crippen molar-refractivity contribution in [2.75, 3.05) is 39.8 Å². The average molecular weight is 280 g/mol. The molecule has 1 amide bonds. The number of amides is 1. The molecule has 1 N–H and O–H groups in total. The van der Waals surface area contributed by atoms with Gasteiger partial charge in [-0.2, -0.15) is 10.5 Å². The molecule has 0 atom stereocenters. The van der Waals surface area contributed by atoms with Gasteiger partial charge in [0.2, 0.25) is 5.91 Å². The fourth-order valence-electron chi connectivity index (χ4n) is 1.81. The Bertz CT molecular complexity index is 328. The number of carbonyl (C=O) groups is 1. The summed E-state index contributed by atoms with van der Waals surface area (Å²) in [5.74, 6) is -0.0415. The van der Waals surface area contributed by atoms with Gasteiger partial charge >= 0.3 is 0 Å². The van der Waals surface area contributed by atoms with Crippen LogP contribution in [0, 0.1) is 22.7 Å². The van der Waals surface area contributed by atoms with E-state index >= 15 is 0 Å². The summed E-state index contributed by atoms with van der Waals surface area (Å²) in [5.41, 5.74) is 0. The van der Waals surface area contributed by atoms with Crippen molar-refractivity contribution in [3.05, 3.63) is 0 Å². The van der Waals surface area contributed by atoms with E-state index in [4.69, 9.17) is 15.6 Å². The third kappa shape index (κ3) is 9.32. The molecule has 6 nitrogen and oxygen atoms in total. The normalized spacial score (nSPS) is 10.1. The van der Waals surface area contributed by atoms with Gasteiger partial charge in [0, 0.05) is 19.7 Å². The van der Waals surface area contributed by atoms with Crippen molar-refractivity contribution in [3.63, 3.8) is 0 Å². The second-order valence-electron chi connectivity index (χ2n) is 4.72. The van der Waals surface area contributed by atoms with Crippen LogP contribution in [-0.4, -0.2) is 60.6 Å². The number of hydrogen-bond donors (Lipinski definition) is 1. The van der Waals surface area contributed by atoms with E-state index in [9.17, 15) is 4.79 Å². The number of nitrogens with zero attached hydrogens (tertiary/aromatic N) is 4. The van der Waals surface area contributed by atoms with Crippen molar-refractivity contribution in [1.82, 2.24) is 9.80 Å². The van der Waals surface area contributed by atoms with E-state index in [1.165, 1.54) is 0 Å². The number of carbonyl (C=O) groups excluding carboxylic acids is 1. The Morgan fingerprint density at radius 1 is 1.05 bits per heavy atom. The Balaban J connectivity index is 4.09. The summed E-state index contributed by atoms with van der Waals surface area (Å²) >= 11 is 0. The molecule has 0 aromatic carbocycles. The zero-order valence-electron chi connectivity index (χ0n) is 12.2. The predicted molar refractivity (Wildman–Crippen MR) is 75.5 cm³/mol. The van der Waals surface area contributed by atoms with E-state index < -0.39 is 0 Å². The predicted octanol–water partition coefficient (Wildman–Crippen LogP) is 0.737. The van der Waals surface area contributed by atoms with Crippen LogP contribution in [0.2, 0.25) is 0 Å². The molecule has 0 unspecified atom stereocenters. The molecule has 0 aromatic heterocycles. The van der Waals surface area contributed by atoms with E-state index in [2.05, 4.69) is 0 Å². The maximum atomic E-state index is 12.1. The number of aliphatic hydroxyl groups is 1. The van der Waals surface area contributed by atoms with Crippen LogP contribution >= 0.6 is 0 Å². The molecule has 112 valence electrons. The van der Waals surface area contributed by atoms with Crippen LogP contribution in [0.25, 0.3) is 0 Å². The maximum Gasteiger partial charge on any atom is 0.236 e. The summed E-state index contributed by atoms with van der Waals surface area (Å²) in [4.78, 5) is 15.6. The molecule has 0 bridgehead atoms. The van der Waals surface area contributed by atoms with Crippen molar-refractivity contribution in [1.29, 1.82) is 10.5 Å². The SMILES string of the molecule is CN(CCCCCO)CC(=O)N(CCC#N)CCC#N. The lowest BCUT2D eigenvalue weighted by atomic mass is 10.2. The molecule has 0 aliphatic carbocycles. The minimum Gasteiger partial charge on any atom is -0.396 e. The molecule has 0 fully saturated rings. The Kier molecular flexibility index (Phi) is 11.4. The second-order valence-corrected chi connectivity index (χ2v) is 4.72. The van der Waals surface area contributed by atoms with Gasteiger partial charge in [-0.25, -0.2) is 0 Å². The lowest BCUT2D eigenvalue weighted by Crippen LogP contribution is -2.40. The van der Waals surface area contributed by atoms with Gasteiger partial charge < -0.3 is 10.0 Å². The summed E-state index contributed by atoms with van der Waals surface area (Å²) in [6, 6.07) is 4.03. The smallest absolute Gasteiger partial charge is 0.236 e. The standard InChI is InChI=1S/C14H24N4O2/c1-17(9-3-2-4-12-19)13-14(20)18(10-5-7-15)11-6-8-16/h19H,2-6,9-13H2,1H3. The first-order valence-electron chi connectivity index (χ1n) is 6.96. The summed E-state index contributed by atoms with van der Waals surface area (Å²) < 4.78 is 0. The fourth-order valence-corrected chi connectivity index (χ4v) is 1.81. The first kappa shape index (κ1) is 18.4. The van der Waals surface area contributed by atoms with Crippen molar-refractivity contribution >= 4 is 5.91 Å². The minimum atomic E-state index is -0.0415. The molecule has 0 rings (SSSR count). The second kappa shape index (κ2) is 12.4. The fraction of sp³-hybridized carbons (Fsp3) is 0.786. The van der Waals surface area contributed by atoms with Crippen molar-refractivity contribution in [2.24, 2.45) is 0 Å². The monoisotopic (exact) mass is 280 g/mol. The highest BCUT2D eigenvalue weighted by atomic mass is 16.2. The number of nitriles is 2. The Morgan fingerprint density at radius 2 is 1.65 bits per heavy atom. The third-order valence-corrected chi connectivity index (χ3v) is 2.94. The molecular formula is C14H24N4O2. The molecule has 0 radical (unpaired) electrons. The summed E-state index contributed by atoms with van der Waals surface area (Å²) in [7, 11) is 1.88. The molecule has 20 heavy (non-hydrogen) atoms. The highest BCUT2D eigenvalue weighted by molar-refractivity contribution is 5.78. The Morgan fingerprint density at radius 3 is 2.15 bits per heavy atom. The molecule has 0 aromatic rings. The van der Waals surface area contributed by atoms with Crippen molar-refractivity contribution < 1.29 is 9.90 Å². The number of rotatable bonds is 11.